The Hall–Kier alpha value is -2.53. The fourth-order valence-electron chi connectivity index (χ4n) is 2.23. The van der Waals surface area contributed by atoms with Crippen LogP contribution in [-0.4, -0.2) is 21.2 Å². The van der Waals surface area contributed by atoms with Gasteiger partial charge in [-0.3, -0.25) is 14.5 Å². The molecule has 2 aromatic carbocycles. The Morgan fingerprint density at radius 2 is 1.70 bits per heavy atom. The Labute approximate surface area is 138 Å². The lowest BCUT2D eigenvalue weighted by molar-refractivity contribution is -0.123. The third-order valence-electron chi connectivity index (χ3n) is 3.53. The van der Waals surface area contributed by atoms with E-state index in [1.54, 1.807) is 30.3 Å². The molecule has 0 aromatic heterocycles. The normalized spacial score (nSPS) is 16.4. The maximum Gasteiger partial charge on any atom is 0.293 e. The molecule has 5 heteroatoms. The molecule has 1 saturated heterocycles. The molecule has 1 N–H and O–H groups in total. The molecule has 23 heavy (non-hydrogen) atoms. The Morgan fingerprint density at radius 1 is 1.04 bits per heavy atom. The highest BCUT2D eigenvalue weighted by Crippen LogP contribution is 2.33. The fraction of sp³-hybridized carbons (Fsp3) is 0.111. The summed E-state index contributed by atoms with van der Waals surface area (Å²) in [7, 11) is 0. The maximum atomic E-state index is 12.4. The van der Waals surface area contributed by atoms with Crippen molar-refractivity contribution in [1.29, 1.82) is 0 Å². The van der Waals surface area contributed by atoms with Gasteiger partial charge in [-0.25, -0.2) is 0 Å². The van der Waals surface area contributed by atoms with E-state index in [1.165, 1.54) is 4.90 Å². The molecule has 116 valence electrons. The molecule has 1 aliphatic heterocycles. The van der Waals surface area contributed by atoms with Crippen molar-refractivity contribution in [3.8, 4) is 5.75 Å². The van der Waals surface area contributed by atoms with Crippen molar-refractivity contribution in [2.24, 2.45) is 0 Å². The van der Waals surface area contributed by atoms with Gasteiger partial charge in [-0.2, -0.15) is 0 Å². The number of hydrogen-bond acceptors (Lipinski definition) is 4. The van der Waals surface area contributed by atoms with Gasteiger partial charge in [-0.05, 0) is 48.0 Å². The zero-order chi connectivity index (χ0) is 16.4. The zero-order valence-electron chi connectivity index (χ0n) is 12.5. The van der Waals surface area contributed by atoms with Crippen LogP contribution in [0.4, 0.5) is 4.79 Å². The molecular weight excluding hydrogens is 310 g/mol. The first-order chi connectivity index (χ1) is 11.0. The number of benzene rings is 2. The number of thioether (sulfide) groups is 1. The SMILES string of the molecule is Cc1ccc(CN2C(=O)S/C(=C/c3ccc(O)cc3)C2=O)cc1. The van der Waals surface area contributed by atoms with Gasteiger partial charge < -0.3 is 5.11 Å². The molecule has 1 fully saturated rings. The second-order valence-corrected chi connectivity index (χ2v) is 6.34. The van der Waals surface area contributed by atoms with Crippen molar-refractivity contribution in [3.05, 3.63) is 70.1 Å². The first-order valence-corrected chi connectivity index (χ1v) is 7.94. The summed E-state index contributed by atoms with van der Waals surface area (Å²) in [4.78, 5) is 26.2. The first kappa shape index (κ1) is 15.4. The minimum absolute atomic E-state index is 0.162. The Morgan fingerprint density at radius 3 is 2.35 bits per heavy atom. The molecule has 4 nitrogen and oxygen atoms in total. The second-order valence-electron chi connectivity index (χ2n) is 5.34. The number of rotatable bonds is 3. The lowest BCUT2D eigenvalue weighted by atomic mass is 10.1. The van der Waals surface area contributed by atoms with Crippen molar-refractivity contribution < 1.29 is 14.7 Å². The smallest absolute Gasteiger partial charge is 0.293 e. The molecule has 0 aliphatic carbocycles. The van der Waals surface area contributed by atoms with E-state index in [4.69, 9.17) is 0 Å². The highest BCUT2D eigenvalue weighted by Gasteiger charge is 2.34. The number of phenols is 1. The summed E-state index contributed by atoms with van der Waals surface area (Å²) < 4.78 is 0. The Balaban J connectivity index is 1.79. The van der Waals surface area contributed by atoms with E-state index in [9.17, 15) is 14.7 Å². The maximum absolute atomic E-state index is 12.4. The average molecular weight is 325 g/mol. The number of carbonyl (C=O) groups is 2. The van der Waals surface area contributed by atoms with Crippen molar-refractivity contribution in [3.63, 3.8) is 0 Å². The van der Waals surface area contributed by atoms with Gasteiger partial charge in [-0.1, -0.05) is 42.0 Å². The first-order valence-electron chi connectivity index (χ1n) is 7.13. The summed E-state index contributed by atoms with van der Waals surface area (Å²) >= 11 is 0.939. The molecule has 0 saturated carbocycles. The Bertz CT molecular complexity index is 779. The highest BCUT2D eigenvalue weighted by atomic mass is 32.2. The molecule has 3 rings (SSSR count). The van der Waals surface area contributed by atoms with Crippen LogP contribution in [0.5, 0.6) is 5.75 Å². The van der Waals surface area contributed by atoms with Crippen molar-refractivity contribution >= 4 is 29.0 Å². The highest BCUT2D eigenvalue weighted by molar-refractivity contribution is 8.18. The molecule has 0 unspecified atom stereocenters. The lowest BCUT2D eigenvalue weighted by Gasteiger charge is -2.12. The van der Waals surface area contributed by atoms with Crippen LogP contribution < -0.4 is 0 Å². The monoisotopic (exact) mass is 325 g/mol. The van der Waals surface area contributed by atoms with E-state index in [0.717, 1.165) is 28.5 Å². The molecule has 0 radical (unpaired) electrons. The van der Waals surface area contributed by atoms with E-state index < -0.39 is 0 Å². The van der Waals surface area contributed by atoms with Crippen LogP contribution in [-0.2, 0) is 11.3 Å². The minimum Gasteiger partial charge on any atom is -0.508 e. The largest absolute Gasteiger partial charge is 0.508 e. The molecule has 0 atom stereocenters. The Kier molecular flexibility index (Phi) is 4.21. The number of phenolic OH excluding ortho intramolecular Hbond substituents is 1. The van der Waals surface area contributed by atoms with Gasteiger partial charge in [0.05, 0.1) is 11.4 Å². The number of aryl methyl sites for hydroxylation is 1. The summed E-state index contributed by atoms with van der Waals surface area (Å²) in [5.41, 5.74) is 2.82. The van der Waals surface area contributed by atoms with Crippen molar-refractivity contribution in [2.45, 2.75) is 13.5 Å². The standard InChI is InChI=1S/C18H15NO3S/c1-12-2-4-14(5-3-12)11-19-17(21)16(23-18(19)22)10-13-6-8-15(20)9-7-13/h2-10,20H,11H2,1H3/b16-10+. The summed E-state index contributed by atoms with van der Waals surface area (Å²) in [6.45, 7) is 2.27. The van der Waals surface area contributed by atoms with E-state index in [-0.39, 0.29) is 23.4 Å². The third-order valence-corrected chi connectivity index (χ3v) is 4.43. The zero-order valence-corrected chi connectivity index (χ0v) is 13.3. The fourth-order valence-corrected chi connectivity index (χ4v) is 3.07. The minimum atomic E-state index is -0.284. The number of amides is 2. The van der Waals surface area contributed by atoms with Crippen LogP contribution in [0, 0.1) is 6.92 Å². The van der Waals surface area contributed by atoms with Gasteiger partial charge in [-0.15, -0.1) is 0 Å². The van der Waals surface area contributed by atoms with E-state index in [2.05, 4.69) is 0 Å². The van der Waals surface area contributed by atoms with Gasteiger partial charge in [0.15, 0.2) is 0 Å². The average Bonchev–Trinajstić information content (AvgIpc) is 2.79. The van der Waals surface area contributed by atoms with E-state index in [0.29, 0.717) is 4.91 Å². The number of aromatic hydroxyl groups is 1. The van der Waals surface area contributed by atoms with Crippen LogP contribution in [0.3, 0.4) is 0 Å². The molecule has 1 heterocycles. The number of imide groups is 1. The topological polar surface area (TPSA) is 57.6 Å². The molecule has 0 bridgehead atoms. The number of nitrogens with zero attached hydrogens (tertiary/aromatic N) is 1. The van der Waals surface area contributed by atoms with Crippen LogP contribution in [0.25, 0.3) is 6.08 Å². The van der Waals surface area contributed by atoms with Gasteiger partial charge in [0.25, 0.3) is 11.1 Å². The van der Waals surface area contributed by atoms with Gasteiger partial charge in [0.1, 0.15) is 5.75 Å². The summed E-state index contributed by atoms with van der Waals surface area (Å²) in [6, 6.07) is 14.2. The summed E-state index contributed by atoms with van der Waals surface area (Å²) in [6.07, 6.45) is 1.67. The van der Waals surface area contributed by atoms with Crippen molar-refractivity contribution in [2.75, 3.05) is 0 Å². The lowest BCUT2D eigenvalue weighted by Crippen LogP contribution is -2.27. The van der Waals surface area contributed by atoms with Gasteiger partial charge >= 0.3 is 0 Å². The second kappa shape index (κ2) is 6.30. The van der Waals surface area contributed by atoms with Crippen LogP contribution in [0.15, 0.2) is 53.4 Å². The van der Waals surface area contributed by atoms with E-state index >= 15 is 0 Å². The van der Waals surface area contributed by atoms with Gasteiger partial charge in [0.2, 0.25) is 0 Å². The van der Waals surface area contributed by atoms with Crippen molar-refractivity contribution in [1.82, 2.24) is 4.90 Å². The molecule has 2 aromatic rings. The van der Waals surface area contributed by atoms with Crippen LogP contribution >= 0.6 is 11.8 Å². The molecule has 1 aliphatic rings. The quantitative estimate of drug-likeness (QED) is 0.869. The van der Waals surface area contributed by atoms with Crippen LogP contribution in [0.1, 0.15) is 16.7 Å². The number of carbonyl (C=O) groups excluding carboxylic acids is 2. The van der Waals surface area contributed by atoms with E-state index in [1.807, 2.05) is 31.2 Å². The number of hydrogen-bond donors (Lipinski definition) is 1. The summed E-state index contributed by atoms with van der Waals surface area (Å²) in [5, 5.41) is 9.02. The predicted octanol–water partition coefficient (Wildman–Crippen LogP) is 3.94. The van der Waals surface area contributed by atoms with Gasteiger partial charge in [0, 0.05) is 0 Å². The predicted molar refractivity (Wildman–Crippen MR) is 90.8 cm³/mol. The molecule has 2 amide bonds. The third kappa shape index (κ3) is 3.46. The molecule has 0 spiro atoms. The summed E-state index contributed by atoms with van der Waals surface area (Å²) in [5.74, 6) is -0.122. The van der Waals surface area contributed by atoms with Crippen LogP contribution in [0.2, 0.25) is 0 Å². The molecular formula is C18H15NO3S.